The second kappa shape index (κ2) is 7.74. The van der Waals surface area contributed by atoms with Gasteiger partial charge in [0.05, 0.1) is 5.69 Å². The standard InChI is InChI=1S/C22H19N5/c1-27(16-17-6-3-2-4-7-17)21-14-20(18-9-12-23-13-10-18)25-22(26-21)19-8-5-11-24-15-19/h2-15H,16H2,1H3. The summed E-state index contributed by atoms with van der Waals surface area (Å²) in [5.41, 5.74) is 3.99. The van der Waals surface area contributed by atoms with Gasteiger partial charge in [-0.05, 0) is 29.8 Å². The van der Waals surface area contributed by atoms with E-state index in [4.69, 9.17) is 9.97 Å². The summed E-state index contributed by atoms with van der Waals surface area (Å²) < 4.78 is 0. The van der Waals surface area contributed by atoms with Crippen LogP contribution in [-0.2, 0) is 6.54 Å². The van der Waals surface area contributed by atoms with Gasteiger partial charge in [0.1, 0.15) is 5.82 Å². The van der Waals surface area contributed by atoms with Gasteiger partial charge in [-0.15, -0.1) is 0 Å². The van der Waals surface area contributed by atoms with E-state index < -0.39 is 0 Å². The van der Waals surface area contributed by atoms with Crippen LogP contribution in [0.4, 0.5) is 5.82 Å². The van der Waals surface area contributed by atoms with Crippen molar-refractivity contribution in [2.24, 2.45) is 0 Å². The van der Waals surface area contributed by atoms with Crippen LogP contribution >= 0.6 is 0 Å². The van der Waals surface area contributed by atoms with Gasteiger partial charge in [-0.25, -0.2) is 9.97 Å². The van der Waals surface area contributed by atoms with Crippen molar-refractivity contribution in [3.8, 4) is 22.6 Å². The molecule has 0 atom stereocenters. The number of pyridine rings is 2. The van der Waals surface area contributed by atoms with E-state index in [0.717, 1.165) is 29.2 Å². The van der Waals surface area contributed by atoms with Gasteiger partial charge in [0.2, 0.25) is 0 Å². The van der Waals surface area contributed by atoms with Gasteiger partial charge in [-0.3, -0.25) is 9.97 Å². The fourth-order valence-electron chi connectivity index (χ4n) is 2.86. The van der Waals surface area contributed by atoms with Crippen LogP contribution in [0, 0.1) is 0 Å². The molecule has 0 N–H and O–H groups in total. The average molecular weight is 353 g/mol. The third-order valence-electron chi connectivity index (χ3n) is 4.26. The molecule has 27 heavy (non-hydrogen) atoms. The van der Waals surface area contributed by atoms with Gasteiger partial charge in [0.25, 0.3) is 0 Å². The lowest BCUT2D eigenvalue weighted by molar-refractivity contribution is 0.893. The number of aromatic nitrogens is 4. The van der Waals surface area contributed by atoms with E-state index >= 15 is 0 Å². The Morgan fingerprint density at radius 3 is 2.33 bits per heavy atom. The Morgan fingerprint density at radius 1 is 0.778 bits per heavy atom. The maximum absolute atomic E-state index is 4.78. The minimum atomic E-state index is 0.660. The molecule has 3 aromatic heterocycles. The molecule has 0 unspecified atom stereocenters. The molecule has 132 valence electrons. The quantitative estimate of drug-likeness (QED) is 0.537. The van der Waals surface area contributed by atoms with Crippen LogP contribution in [0.2, 0.25) is 0 Å². The summed E-state index contributed by atoms with van der Waals surface area (Å²) in [6.45, 7) is 0.764. The lowest BCUT2D eigenvalue weighted by atomic mass is 10.1. The first-order valence-corrected chi connectivity index (χ1v) is 8.74. The Hall–Kier alpha value is -3.60. The molecule has 3 heterocycles. The first-order valence-electron chi connectivity index (χ1n) is 8.74. The summed E-state index contributed by atoms with van der Waals surface area (Å²) in [5.74, 6) is 1.52. The number of hydrogen-bond acceptors (Lipinski definition) is 5. The molecule has 0 amide bonds. The Balaban J connectivity index is 1.76. The molecule has 5 nitrogen and oxygen atoms in total. The minimum absolute atomic E-state index is 0.660. The molecule has 4 aromatic rings. The molecule has 0 aliphatic rings. The SMILES string of the molecule is CN(Cc1ccccc1)c1cc(-c2ccncc2)nc(-c2cccnc2)n1. The maximum Gasteiger partial charge on any atom is 0.163 e. The van der Waals surface area contributed by atoms with Crippen molar-refractivity contribution in [3.05, 3.63) is 91.0 Å². The van der Waals surface area contributed by atoms with Crippen LogP contribution in [0.3, 0.4) is 0 Å². The lowest BCUT2D eigenvalue weighted by Gasteiger charge is -2.20. The Morgan fingerprint density at radius 2 is 1.59 bits per heavy atom. The molecule has 0 aliphatic carbocycles. The molecule has 0 saturated heterocycles. The fraction of sp³-hybridized carbons (Fsp3) is 0.0909. The maximum atomic E-state index is 4.78. The van der Waals surface area contributed by atoms with Gasteiger partial charge in [-0.2, -0.15) is 0 Å². The topological polar surface area (TPSA) is 54.8 Å². The molecular formula is C22H19N5. The van der Waals surface area contributed by atoms with Gasteiger partial charge in [0.15, 0.2) is 5.82 Å². The number of nitrogens with zero attached hydrogens (tertiary/aromatic N) is 5. The first kappa shape index (κ1) is 16.8. The highest BCUT2D eigenvalue weighted by molar-refractivity contribution is 5.67. The summed E-state index contributed by atoms with van der Waals surface area (Å²) in [6.07, 6.45) is 7.08. The molecule has 1 aromatic carbocycles. The summed E-state index contributed by atoms with van der Waals surface area (Å²) in [4.78, 5) is 20.0. The molecule has 0 bridgehead atoms. The molecule has 0 saturated carbocycles. The zero-order valence-corrected chi connectivity index (χ0v) is 15.0. The van der Waals surface area contributed by atoms with Crippen molar-refractivity contribution in [3.63, 3.8) is 0 Å². The molecule has 0 aliphatic heterocycles. The predicted molar refractivity (Wildman–Crippen MR) is 107 cm³/mol. The van der Waals surface area contributed by atoms with E-state index in [2.05, 4.69) is 27.0 Å². The molecule has 0 radical (unpaired) electrons. The Bertz CT molecular complexity index is 947. The average Bonchev–Trinajstić information content (AvgIpc) is 2.75. The van der Waals surface area contributed by atoms with Crippen LogP contribution < -0.4 is 4.90 Å². The van der Waals surface area contributed by atoms with E-state index in [1.165, 1.54) is 5.56 Å². The number of anilines is 1. The van der Waals surface area contributed by atoms with Crippen molar-refractivity contribution < 1.29 is 0 Å². The Labute approximate surface area is 158 Å². The largest absolute Gasteiger partial charge is 0.355 e. The highest BCUT2D eigenvalue weighted by Crippen LogP contribution is 2.25. The van der Waals surface area contributed by atoms with E-state index in [1.54, 1.807) is 24.8 Å². The summed E-state index contributed by atoms with van der Waals surface area (Å²) >= 11 is 0. The fourth-order valence-corrected chi connectivity index (χ4v) is 2.86. The third-order valence-corrected chi connectivity index (χ3v) is 4.26. The second-order valence-corrected chi connectivity index (χ2v) is 6.25. The molecular weight excluding hydrogens is 334 g/mol. The zero-order valence-electron chi connectivity index (χ0n) is 15.0. The minimum Gasteiger partial charge on any atom is -0.355 e. The summed E-state index contributed by atoms with van der Waals surface area (Å²) in [5, 5.41) is 0. The molecule has 4 rings (SSSR count). The number of hydrogen-bond donors (Lipinski definition) is 0. The van der Waals surface area contributed by atoms with Crippen LogP contribution in [0.1, 0.15) is 5.56 Å². The van der Waals surface area contributed by atoms with Crippen LogP contribution in [-0.4, -0.2) is 27.0 Å². The van der Waals surface area contributed by atoms with Gasteiger partial charge in [-0.1, -0.05) is 30.3 Å². The van der Waals surface area contributed by atoms with Crippen LogP contribution in [0.15, 0.2) is 85.5 Å². The highest BCUT2D eigenvalue weighted by atomic mass is 15.2. The van der Waals surface area contributed by atoms with Crippen LogP contribution in [0.5, 0.6) is 0 Å². The number of rotatable bonds is 5. The van der Waals surface area contributed by atoms with E-state index in [9.17, 15) is 0 Å². The van der Waals surface area contributed by atoms with Crippen molar-refractivity contribution in [1.29, 1.82) is 0 Å². The Kier molecular flexibility index (Phi) is 4.83. The van der Waals surface area contributed by atoms with Crippen molar-refractivity contribution >= 4 is 5.82 Å². The highest BCUT2D eigenvalue weighted by Gasteiger charge is 2.12. The third kappa shape index (κ3) is 3.98. The molecule has 0 spiro atoms. The van der Waals surface area contributed by atoms with Crippen LogP contribution in [0.25, 0.3) is 22.6 Å². The normalized spacial score (nSPS) is 10.6. The lowest BCUT2D eigenvalue weighted by Crippen LogP contribution is -2.18. The second-order valence-electron chi connectivity index (χ2n) is 6.25. The monoisotopic (exact) mass is 353 g/mol. The van der Waals surface area contributed by atoms with Crippen molar-refractivity contribution in [2.75, 3.05) is 11.9 Å². The first-order chi connectivity index (χ1) is 13.3. The van der Waals surface area contributed by atoms with Crippen molar-refractivity contribution in [2.45, 2.75) is 6.54 Å². The van der Waals surface area contributed by atoms with E-state index in [-0.39, 0.29) is 0 Å². The van der Waals surface area contributed by atoms with Gasteiger partial charge < -0.3 is 4.90 Å². The van der Waals surface area contributed by atoms with Crippen molar-refractivity contribution in [1.82, 2.24) is 19.9 Å². The van der Waals surface area contributed by atoms with Gasteiger partial charge >= 0.3 is 0 Å². The summed E-state index contributed by atoms with van der Waals surface area (Å²) in [7, 11) is 2.04. The van der Waals surface area contributed by atoms with E-state index in [1.807, 2.05) is 55.6 Å². The van der Waals surface area contributed by atoms with E-state index in [0.29, 0.717) is 5.82 Å². The summed E-state index contributed by atoms with van der Waals surface area (Å²) in [6, 6.07) is 20.1. The van der Waals surface area contributed by atoms with Gasteiger partial charge in [0, 0.05) is 55.6 Å². The molecule has 0 fully saturated rings. The number of benzene rings is 1. The molecule has 5 heteroatoms. The zero-order chi connectivity index (χ0) is 18.5. The smallest absolute Gasteiger partial charge is 0.163 e. The predicted octanol–water partition coefficient (Wildman–Crippen LogP) is 4.24.